The van der Waals surface area contributed by atoms with E-state index in [-0.39, 0.29) is 5.56 Å². The number of carbonyl (C=O) groups is 1. The van der Waals surface area contributed by atoms with Crippen LogP contribution in [0.5, 0.6) is 0 Å². The maximum absolute atomic E-state index is 12.5. The van der Waals surface area contributed by atoms with Gasteiger partial charge in [0.25, 0.3) is 15.9 Å². The zero-order valence-electron chi connectivity index (χ0n) is 11.9. The van der Waals surface area contributed by atoms with Crippen LogP contribution < -0.4 is 4.72 Å². The van der Waals surface area contributed by atoms with Crippen LogP contribution in [0.4, 0.5) is 13.2 Å². The van der Waals surface area contributed by atoms with E-state index in [0.717, 1.165) is 19.3 Å². The van der Waals surface area contributed by atoms with Crippen molar-refractivity contribution in [3.8, 4) is 0 Å². The van der Waals surface area contributed by atoms with Gasteiger partial charge in [-0.3, -0.25) is 4.79 Å². The third kappa shape index (κ3) is 5.18. The number of carbonyl (C=O) groups excluding carboxylic acids is 1. The Labute approximate surface area is 182 Å². The third-order valence-electron chi connectivity index (χ3n) is 2.96. The molecule has 0 spiro atoms. The zero-order chi connectivity index (χ0) is 19.0. The molecule has 0 radical (unpaired) electrons. The van der Waals surface area contributed by atoms with E-state index in [2.05, 4.69) is 0 Å². The molecule has 2 rings (SSSR count). The molecule has 0 heterocycles. The number of hydrogen-bond donors (Lipinski definition) is 1. The van der Waals surface area contributed by atoms with Gasteiger partial charge in [0.1, 0.15) is 0 Å². The lowest BCUT2D eigenvalue weighted by atomic mass is 10.2. The van der Waals surface area contributed by atoms with Crippen LogP contribution in [0.3, 0.4) is 0 Å². The molecular weight excluding hydrogens is 700 g/mol. The summed E-state index contributed by atoms with van der Waals surface area (Å²) >= 11 is 5.94. The molecule has 25 heavy (non-hydrogen) atoms. The molecular formula is C14H7F3I3NO3S. The first-order valence-electron chi connectivity index (χ1n) is 6.31. The van der Waals surface area contributed by atoms with Gasteiger partial charge in [-0.25, -0.2) is 13.1 Å². The maximum atomic E-state index is 12.5. The molecule has 0 aliphatic heterocycles. The van der Waals surface area contributed by atoms with Crippen LogP contribution in [0.15, 0.2) is 41.3 Å². The van der Waals surface area contributed by atoms with E-state index >= 15 is 0 Å². The summed E-state index contributed by atoms with van der Waals surface area (Å²) < 4.78 is 66.1. The van der Waals surface area contributed by atoms with Gasteiger partial charge in [0.15, 0.2) is 0 Å². The minimum Gasteiger partial charge on any atom is -0.268 e. The van der Waals surface area contributed by atoms with Crippen LogP contribution >= 0.6 is 67.8 Å². The number of rotatable bonds is 3. The Bertz CT molecular complexity index is 929. The maximum Gasteiger partial charge on any atom is 0.416 e. The first-order valence-corrected chi connectivity index (χ1v) is 11.0. The fraction of sp³-hybridized carbons (Fsp3) is 0.0714. The van der Waals surface area contributed by atoms with Crippen molar-refractivity contribution < 1.29 is 26.4 Å². The van der Waals surface area contributed by atoms with Gasteiger partial charge >= 0.3 is 6.18 Å². The Kier molecular flexibility index (Phi) is 6.63. The summed E-state index contributed by atoms with van der Waals surface area (Å²) in [6, 6.07) is 6.27. The molecule has 2 aromatic rings. The van der Waals surface area contributed by atoms with E-state index in [1.165, 1.54) is 6.07 Å². The highest BCUT2D eigenvalue weighted by Gasteiger charge is 2.31. The molecule has 11 heteroatoms. The summed E-state index contributed by atoms with van der Waals surface area (Å²) in [4.78, 5) is 11.9. The van der Waals surface area contributed by atoms with Crippen molar-refractivity contribution in [3.63, 3.8) is 0 Å². The molecule has 1 N–H and O–H groups in total. The number of halogens is 6. The topological polar surface area (TPSA) is 63.2 Å². The predicted octanol–water partition coefficient (Wildman–Crippen LogP) is 4.64. The molecule has 2 aromatic carbocycles. The number of hydrogen-bond acceptors (Lipinski definition) is 3. The summed E-state index contributed by atoms with van der Waals surface area (Å²) in [6.07, 6.45) is -4.57. The van der Waals surface area contributed by atoms with E-state index in [9.17, 15) is 26.4 Å². The smallest absolute Gasteiger partial charge is 0.268 e. The van der Waals surface area contributed by atoms with E-state index in [1.807, 2.05) is 78.6 Å². The van der Waals surface area contributed by atoms with Crippen LogP contribution in [0, 0.1) is 10.7 Å². The largest absolute Gasteiger partial charge is 0.416 e. The molecule has 0 aliphatic carbocycles. The molecule has 0 saturated heterocycles. The lowest BCUT2D eigenvalue weighted by molar-refractivity contribution is -0.137. The van der Waals surface area contributed by atoms with Crippen LogP contribution in [0.1, 0.15) is 15.9 Å². The number of sulfonamides is 1. The predicted molar refractivity (Wildman–Crippen MR) is 111 cm³/mol. The monoisotopic (exact) mass is 707 g/mol. The molecule has 1 amide bonds. The average Bonchev–Trinajstić information content (AvgIpc) is 2.49. The molecule has 0 fully saturated rings. The Morgan fingerprint density at radius 1 is 1.00 bits per heavy atom. The quantitative estimate of drug-likeness (QED) is 0.374. The summed E-state index contributed by atoms with van der Waals surface area (Å²) in [6.45, 7) is 0. The molecule has 0 aliphatic rings. The minimum atomic E-state index is -4.57. The van der Waals surface area contributed by atoms with Gasteiger partial charge < -0.3 is 0 Å². The van der Waals surface area contributed by atoms with E-state index in [4.69, 9.17) is 0 Å². The van der Waals surface area contributed by atoms with E-state index in [1.54, 1.807) is 0 Å². The normalized spacial score (nSPS) is 12.1. The number of benzene rings is 2. The van der Waals surface area contributed by atoms with Crippen LogP contribution in [-0.4, -0.2) is 14.3 Å². The highest BCUT2D eigenvalue weighted by Crippen LogP contribution is 2.30. The number of amides is 1. The van der Waals surface area contributed by atoms with E-state index in [0.29, 0.717) is 15.7 Å². The summed E-state index contributed by atoms with van der Waals surface area (Å²) in [5, 5.41) is 0. The highest BCUT2D eigenvalue weighted by molar-refractivity contribution is 14.1. The van der Waals surface area contributed by atoms with Crippen LogP contribution in [0.2, 0.25) is 0 Å². The lowest BCUT2D eigenvalue weighted by Gasteiger charge is -2.11. The molecule has 4 nitrogen and oxygen atoms in total. The van der Waals surface area contributed by atoms with Crippen molar-refractivity contribution in [1.29, 1.82) is 0 Å². The standard InChI is InChI=1S/C14H7F3I3NO3S/c15-14(16,17)7-1-3-9(4-2-7)25(23,24)21-13(22)10-5-8(18)6-11(19)12(10)20/h1-6H,(H,21,22). The summed E-state index contributed by atoms with van der Waals surface area (Å²) in [5.74, 6) is -0.847. The highest BCUT2D eigenvalue weighted by atomic mass is 127. The van der Waals surface area contributed by atoms with Crippen molar-refractivity contribution in [3.05, 3.63) is 58.2 Å². The number of alkyl halides is 3. The van der Waals surface area contributed by atoms with Crippen molar-refractivity contribution in [1.82, 2.24) is 4.72 Å². The van der Waals surface area contributed by atoms with Crippen molar-refractivity contribution in [2.45, 2.75) is 11.1 Å². The first-order chi connectivity index (χ1) is 11.4. The third-order valence-corrected chi connectivity index (χ3v) is 7.97. The van der Waals surface area contributed by atoms with Gasteiger partial charge in [0.05, 0.1) is 16.0 Å². The van der Waals surface area contributed by atoms with Gasteiger partial charge in [-0.15, -0.1) is 0 Å². The summed E-state index contributed by atoms with van der Waals surface area (Å²) in [5.41, 5.74) is -0.799. The SMILES string of the molecule is O=C(NS(=O)(=O)c1ccc(C(F)(F)F)cc1)c1cc(I)cc(I)c1I. The Balaban J connectivity index is 2.31. The van der Waals surface area contributed by atoms with Gasteiger partial charge in [0.2, 0.25) is 0 Å². The Morgan fingerprint density at radius 3 is 2.08 bits per heavy atom. The lowest BCUT2D eigenvalue weighted by Crippen LogP contribution is -2.31. The van der Waals surface area contributed by atoms with Gasteiger partial charge in [-0.05, 0) is 104 Å². The zero-order valence-corrected chi connectivity index (χ0v) is 19.2. The average molecular weight is 707 g/mol. The second-order valence-electron chi connectivity index (χ2n) is 4.71. The van der Waals surface area contributed by atoms with Gasteiger partial charge in [-0.1, -0.05) is 0 Å². The van der Waals surface area contributed by atoms with Crippen molar-refractivity contribution >= 4 is 83.7 Å². The Hall–Kier alpha value is -0.160. The molecule has 0 bridgehead atoms. The molecule has 0 atom stereocenters. The second kappa shape index (κ2) is 7.84. The minimum absolute atomic E-state index is 0.174. The van der Waals surface area contributed by atoms with Gasteiger partial charge in [-0.2, -0.15) is 13.2 Å². The van der Waals surface area contributed by atoms with Crippen LogP contribution in [0.25, 0.3) is 0 Å². The van der Waals surface area contributed by atoms with Crippen molar-refractivity contribution in [2.75, 3.05) is 0 Å². The summed E-state index contributed by atoms with van der Waals surface area (Å²) in [7, 11) is -4.29. The molecule has 0 saturated carbocycles. The van der Waals surface area contributed by atoms with Gasteiger partial charge in [0, 0.05) is 10.7 Å². The van der Waals surface area contributed by atoms with Crippen molar-refractivity contribution in [2.24, 2.45) is 0 Å². The molecule has 0 aromatic heterocycles. The molecule has 134 valence electrons. The second-order valence-corrected chi connectivity index (χ2v) is 9.87. The first kappa shape index (κ1) is 21.1. The fourth-order valence-electron chi connectivity index (χ4n) is 1.78. The Morgan fingerprint density at radius 2 is 1.56 bits per heavy atom. The number of nitrogens with one attached hydrogen (secondary N) is 1. The fourth-order valence-corrected chi connectivity index (χ4v) is 5.15. The van der Waals surface area contributed by atoms with E-state index < -0.39 is 32.6 Å². The van der Waals surface area contributed by atoms with Crippen LogP contribution in [-0.2, 0) is 16.2 Å². The molecule has 0 unspecified atom stereocenters.